The van der Waals surface area contributed by atoms with Crippen molar-refractivity contribution in [3.63, 3.8) is 0 Å². The summed E-state index contributed by atoms with van der Waals surface area (Å²) in [5.74, 6) is -0.990. The fraction of sp³-hybridized carbons (Fsp3) is 0.250. The smallest absolute Gasteiger partial charge is 0.255 e. The standard InChI is InChI=1S/C24H22N4O5S/c1-27-13-25-21(22(27)14-3-6-17(7-4-14)34(2,32)33)15-5-8-18-16(11-15)12-28(24(18)31)19-9-10-20(29)26-23(19)30/h3-8,11,13,19H,9-10,12H2,1-2H3,(H,26,29,30). The summed E-state index contributed by atoms with van der Waals surface area (Å²) >= 11 is 0. The van der Waals surface area contributed by atoms with E-state index in [0.717, 1.165) is 22.4 Å². The van der Waals surface area contributed by atoms with Gasteiger partial charge in [0, 0.05) is 43.0 Å². The van der Waals surface area contributed by atoms with Crippen LogP contribution >= 0.6 is 0 Å². The normalized spacial score (nSPS) is 18.2. The van der Waals surface area contributed by atoms with Gasteiger partial charge < -0.3 is 9.47 Å². The third kappa shape index (κ3) is 3.69. The van der Waals surface area contributed by atoms with E-state index in [1.165, 1.54) is 11.2 Å². The molecule has 2 aromatic carbocycles. The average Bonchev–Trinajstić information content (AvgIpc) is 3.33. The maximum atomic E-state index is 13.0. The molecule has 0 bridgehead atoms. The molecule has 1 saturated heterocycles. The molecule has 0 spiro atoms. The number of carbonyl (C=O) groups excluding carboxylic acids is 3. The molecule has 174 valence electrons. The first kappa shape index (κ1) is 22.0. The lowest BCUT2D eigenvalue weighted by Crippen LogP contribution is -2.52. The Morgan fingerprint density at radius 3 is 2.41 bits per heavy atom. The van der Waals surface area contributed by atoms with Gasteiger partial charge in [-0.3, -0.25) is 19.7 Å². The molecular formula is C24H22N4O5S. The van der Waals surface area contributed by atoms with Gasteiger partial charge in [-0.1, -0.05) is 18.2 Å². The Balaban J connectivity index is 1.48. The van der Waals surface area contributed by atoms with Crippen LogP contribution in [0.4, 0.5) is 0 Å². The first-order valence-electron chi connectivity index (χ1n) is 10.7. The number of hydrogen-bond donors (Lipinski definition) is 1. The van der Waals surface area contributed by atoms with Gasteiger partial charge in [0.2, 0.25) is 11.8 Å². The molecule has 0 aliphatic carbocycles. The number of aryl methyl sites for hydroxylation is 1. The van der Waals surface area contributed by atoms with Gasteiger partial charge in [-0.05, 0) is 36.2 Å². The largest absolute Gasteiger partial charge is 0.333 e. The second-order valence-electron chi connectivity index (χ2n) is 8.62. The summed E-state index contributed by atoms with van der Waals surface area (Å²) in [6, 6.07) is 11.4. The number of benzene rings is 2. The number of fused-ring (bicyclic) bond motifs is 1. The molecular weight excluding hydrogens is 456 g/mol. The number of amides is 3. The van der Waals surface area contributed by atoms with Crippen LogP contribution in [0.15, 0.2) is 53.7 Å². The molecule has 1 aromatic heterocycles. The van der Waals surface area contributed by atoms with Gasteiger partial charge in [-0.2, -0.15) is 0 Å². The van der Waals surface area contributed by atoms with E-state index < -0.39 is 21.8 Å². The summed E-state index contributed by atoms with van der Waals surface area (Å²) in [7, 11) is -1.44. The van der Waals surface area contributed by atoms with Gasteiger partial charge in [0.25, 0.3) is 5.91 Å². The second-order valence-corrected chi connectivity index (χ2v) is 10.6. The predicted molar refractivity (Wildman–Crippen MR) is 123 cm³/mol. The van der Waals surface area contributed by atoms with Gasteiger partial charge in [0.15, 0.2) is 9.84 Å². The summed E-state index contributed by atoms with van der Waals surface area (Å²) < 4.78 is 25.5. The molecule has 9 nitrogen and oxygen atoms in total. The van der Waals surface area contributed by atoms with Crippen molar-refractivity contribution in [2.24, 2.45) is 7.05 Å². The molecule has 3 aromatic rings. The number of rotatable bonds is 4. The summed E-state index contributed by atoms with van der Waals surface area (Å²) in [6.45, 7) is 0.277. The Morgan fingerprint density at radius 2 is 1.74 bits per heavy atom. The van der Waals surface area contributed by atoms with Crippen molar-refractivity contribution in [3.8, 4) is 22.5 Å². The van der Waals surface area contributed by atoms with Crippen LogP contribution in [0.2, 0.25) is 0 Å². The first-order valence-corrected chi connectivity index (χ1v) is 12.6. The SMILES string of the molecule is Cn1cnc(-c2ccc3c(c2)CN(C2CCC(=O)NC2=O)C3=O)c1-c1ccc(S(C)(=O)=O)cc1. The summed E-state index contributed by atoms with van der Waals surface area (Å²) in [5, 5.41) is 2.31. The van der Waals surface area contributed by atoms with Crippen molar-refractivity contribution in [3.05, 3.63) is 59.9 Å². The van der Waals surface area contributed by atoms with Crippen LogP contribution in [0.25, 0.3) is 22.5 Å². The zero-order chi connectivity index (χ0) is 24.2. The van der Waals surface area contributed by atoms with Crippen molar-refractivity contribution in [1.29, 1.82) is 0 Å². The monoisotopic (exact) mass is 478 g/mol. The molecule has 1 N–H and O–H groups in total. The highest BCUT2D eigenvalue weighted by atomic mass is 32.2. The minimum absolute atomic E-state index is 0.206. The minimum atomic E-state index is -3.30. The molecule has 1 fully saturated rings. The average molecular weight is 479 g/mol. The molecule has 0 radical (unpaired) electrons. The molecule has 2 aliphatic rings. The number of imide groups is 1. The molecule has 3 amide bonds. The highest BCUT2D eigenvalue weighted by molar-refractivity contribution is 7.90. The van der Waals surface area contributed by atoms with Crippen LogP contribution in [0.1, 0.15) is 28.8 Å². The number of imidazole rings is 1. The maximum absolute atomic E-state index is 13.0. The summed E-state index contributed by atoms with van der Waals surface area (Å²) in [5.41, 5.74) is 4.44. The van der Waals surface area contributed by atoms with Crippen molar-refractivity contribution in [2.45, 2.75) is 30.3 Å². The van der Waals surface area contributed by atoms with E-state index >= 15 is 0 Å². The lowest BCUT2D eigenvalue weighted by Gasteiger charge is -2.29. The molecule has 34 heavy (non-hydrogen) atoms. The second kappa shape index (κ2) is 7.91. The van der Waals surface area contributed by atoms with E-state index in [4.69, 9.17) is 0 Å². The van der Waals surface area contributed by atoms with Gasteiger partial charge in [0.1, 0.15) is 6.04 Å². The van der Waals surface area contributed by atoms with Gasteiger partial charge >= 0.3 is 0 Å². The number of sulfone groups is 1. The Kier molecular flexibility index (Phi) is 5.12. The predicted octanol–water partition coefficient (Wildman–Crippen LogP) is 1.92. The van der Waals surface area contributed by atoms with Crippen molar-refractivity contribution in [1.82, 2.24) is 19.8 Å². The van der Waals surface area contributed by atoms with E-state index in [1.807, 2.05) is 23.7 Å². The molecule has 1 atom stereocenters. The number of piperidine rings is 1. The zero-order valence-corrected chi connectivity index (χ0v) is 19.4. The summed E-state index contributed by atoms with van der Waals surface area (Å²) in [6.07, 6.45) is 3.37. The van der Waals surface area contributed by atoms with Crippen molar-refractivity contribution in [2.75, 3.05) is 6.26 Å². The minimum Gasteiger partial charge on any atom is -0.333 e. The van der Waals surface area contributed by atoms with Crippen molar-refractivity contribution >= 4 is 27.6 Å². The van der Waals surface area contributed by atoms with Gasteiger partial charge in [-0.25, -0.2) is 13.4 Å². The van der Waals surface area contributed by atoms with Crippen molar-refractivity contribution < 1.29 is 22.8 Å². The van der Waals surface area contributed by atoms with Crippen LogP contribution in [0, 0.1) is 0 Å². The third-order valence-corrected chi connectivity index (χ3v) is 7.42. The van der Waals surface area contributed by atoms with E-state index in [0.29, 0.717) is 17.7 Å². The Labute approximate surface area is 196 Å². The zero-order valence-electron chi connectivity index (χ0n) is 18.6. The maximum Gasteiger partial charge on any atom is 0.255 e. The fourth-order valence-electron chi connectivity index (χ4n) is 4.56. The van der Waals surface area contributed by atoms with Crippen LogP contribution in [-0.2, 0) is 33.0 Å². The molecule has 10 heteroatoms. The van der Waals surface area contributed by atoms with E-state index in [1.54, 1.807) is 36.7 Å². The quantitative estimate of drug-likeness (QED) is 0.573. The molecule has 5 rings (SSSR count). The number of nitrogens with one attached hydrogen (secondary N) is 1. The third-order valence-electron chi connectivity index (χ3n) is 6.29. The highest BCUT2D eigenvalue weighted by Gasteiger charge is 2.39. The van der Waals surface area contributed by atoms with Crippen LogP contribution in [0.3, 0.4) is 0 Å². The number of nitrogens with zero attached hydrogens (tertiary/aromatic N) is 3. The van der Waals surface area contributed by atoms with E-state index in [2.05, 4.69) is 10.3 Å². The molecule has 0 saturated carbocycles. The number of aromatic nitrogens is 2. The summed E-state index contributed by atoms with van der Waals surface area (Å²) in [4.78, 5) is 43.0. The number of carbonyl (C=O) groups is 3. The molecule has 1 unspecified atom stereocenters. The van der Waals surface area contributed by atoms with Gasteiger partial charge in [-0.15, -0.1) is 0 Å². The topological polar surface area (TPSA) is 118 Å². The van der Waals surface area contributed by atoms with Crippen LogP contribution < -0.4 is 5.32 Å². The lowest BCUT2D eigenvalue weighted by atomic mass is 10.0. The van der Waals surface area contributed by atoms with E-state index in [-0.39, 0.29) is 29.7 Å². The Morgan fingerprint density at radius 1 is 1.03 bits per heavy atom. The van der Waals surface area contributed by atoms with Crippen LogP contribution in [-0.4, -0.2) is 52.9 Å². The Bertz CT molecular complexity index is 1460. The fourth-order valence-corrected chi connectivity index (χ4v) is 5.19. The highest BCUT2D eigenvalue weighted by Crippen LogP contribution is 2.35. The lowest BCUT2D eigenvalue weighted by molar-refractivity contribution is -0.136. The first-order chi connectivity index (χ1) is 16.1. The van der Waals surface area contributed by atoms with Gasteiger partial charge in [0.05, 0.1) is 22.6 Å². The molecule has 3 heterocycles. The Hall–Kier alpha value is -3.79. The number of hydrogen-bond acceptors (Lipinski definition) is 6. The molecule has 2 aliphatic heterocycles. The van der Waals surface area contributed by atoms with E-state index in [9.17, 15) is 22.8 Å². The van der Waals surface area contributed by atoms with Crippen LogP contribution in [0.5, 0.6) is 0 Å².